The van der Waals surface area contributed by atoms with E-state index < -0.39 is 0 Å². The lowest BCUT2D eigenvalue weighted by Gasteiger charge is -2.05. The number of aromatic nitrogens is 2. The first-order chi connectivity index (χ1) is 12.8. The zero-order valence-corrected chi connectivity index (χ0v) is 14.8. The van der Waals surface area contributed by atoms with Crippen LogP contribution in [0.15, 0.2) is 71.7 Å². The lowest BCUT2D eigenvalue weighted by molar-refractivity contribution is 0.799. The number of para-hydroxylation sites is 1. The molecule has 26 heavy (non-hydrogen) atoms. The van der Waals surface area contributed by atoms with Gasteiger partial charge in [0.15, 0.2) is 5.13 Å². The van der Waals surface area contributed by atoms with E-state index in [4.69, 9.17) is 0 Å². The maximum Gasteiger partial charge on any atom is 0.251 e. The average molecular weight is 362 g/mol. The molecule has 0 aliphatic heterocycles. The number of fused-ring (bicyclic) bond motifs is 1. The van der Waals surface area contributed by atoms with Gasteiger partial charge in [-0.05, 0) is 23.1 Å². The van der Waals surface area contributed by atoms with E-state index in [1.165, 1.54) is 16.9 Å². The third-order valence-electron chi connectivity index (χ3n) is 4.08. The van der Waals surface area contributed by atoms with E-state index in [1.54, 1.807) is 0 Å². The number of H-pyrrole nitrogens is 1. The Hall–Kier alpha value is -2.96. The van der Waals surface area contributed by atoms with Gasteiger partial charge in [-0.1, -0.05) is 48.5 Å². The van der Waals surface area contributed by atoms with E-state index in [-0.39, 0.29) is 5.56 Å². The molecular formula is C20H18N4OS. The third-order valence-corrected chi connectivity index (χ3v) is 4.99. The highest BCUT2D eigenvalue weighted by atomic mass is 32.1. The van der Waals surface area contributed by atoms with E-state index in [0.29, 0.717) is 13.0 Å². The number of hydrogen-bond donors (Lipinski definition) is 3. The SMILES string of the molecule is O=c1[nH]c2ccccc2cc1Cc1cnc(NNCc2ccccc2)s1. The van der Waals surface area contributed by atoms with Gasteiger partial charge in [0, 0.05) is 35.1 Å². The molecule has 2 heterocycles. The Morgan fingerprint density at radius 1 is 1.04 bits per heavy atom. The Morgan fingerprint density at radius 3 is 2.73 bits per heavy atom. The summed E-state index contributed by atoms with van der Waals surface area (Å²) in [6, 6.07) is 19.9. The van der Waals surface area contributed by atoms with Crippen LogP contribution in [0.25, 0.3) is 10.9 Å². The van der Waals surface area contributed by atoms with Crippen molar-refractivity contribution in [2.45, 2.75) is 13.0 Å². The zero-order valence-electron chi connectivity index (χ0n) is 14.0. The van der Waals surface area contributed by atoms with Gasteiger partial charge in [-0.3, -0.25) is 10.2 Å². The Morgan fingerprint density at radius 2 is 1.85 bits per heavy atom. The number of hydrogen-bond acceptors (Lipinski definition) is 5. The monoisotopic (exact) mass is 362 g/mol. The molecule has 4 rings (SSSR count). The van der Waals surface area contributed by atoms with Crippen LogP contribution in [0.2, 0.25) is 0 Å². The van der Waals surface area contributed by atoms with Gasteiger partial charge >= 0.3 is 0 Å². The number of rotatable bonds is 6. The van der Waals surface area contributed by atoms with Gasteiger partial charge in [0.25, 0.3) is 5.56 Å². The molecule has 0 fully saturated rings. The van der Waals surface area contributed by atoms with E-state index in [0.717, 1.165) is 26.5 Å². The second-order valence-corrected chi connectivity index (χ2v) is 7.10. The maximum absolute atomic E-state index is 12.3. The Balaban J connectivity index is 1.42. The summed E-state index contributed by atoms with van der Waals surface area (Å²) in [4.78, 5) is 20.6. The number of nitrogens with one attached hydrogen (secondary N) is 3. The van der Waals surface area contributed by atoms with Crippen LogP contribution in [0.1, 0.15) is 16.0 Å². The largest absolute Gasteiger partial charge is 0.322 e. The van der Waals surface area contributed by atoms with Gasteiger partial charge in [-0.25, -0.2) is 10.4 Å². The fourth-order valence-electron chi connectivity index (χ4n) is 2.78. The number of hydrazine groups is 1. The maximum atomic E-state index is 12.3. The van der Waals surface area contributed by atoms with Gasteiger partial charge in [0.05, 0.1) is 0 Å². The van der Waals surface area contributed by atoms with Crippen molar-refractivity contribution in [2.75, 3.05) is 5.43 Å². The van der Waals surface area contributed by atoms with Crippen molar-refractivity contribution >= 4 is 27.4 Å². The summed E-state index contributed by atoms with van der Waals surface area (Å²) in [5.74, 6) is 0. The van der Waals surface area contributed by atoms with Crippen molar-refractivity contribution in [3.8, 4) is 0 Å². The van der Waals surface area contributed by atoms with Crippen LogP contribution in [-0.4, -0.2) is 9.97 Å². The summed E-state index contributed by atoms with van der Waals surface area (Å²) in [5, 5.41) is 1.82. The predicted molar refractivity (Wildman–Crippen MR) is 106 cm³/mol. The molecule has 2 aromatic heterocycles. The fraction of sp³-hybridized carbons (Fsp3) is 0.100. The first kappa shape index (κ1) is 16.5. The molecule has 0 amide bonds. The van der Waals surface area contributed by atoms with Crippen molar-refractivity contribution in [2.24, 2.45) is 0 Å². The van der Waals surface area contributed by atoms with Crippen LogP contribution < -0.4 is 16.4 Å². The number of anilines is 1. The van der Waals surface area contributed by atoms with Gasteiger partial charge < -0.3 is 4.98 Å². The topological polar surface area (TPSA) is 69.8 Å². The predicted octanol–water partition coefficient (Wildman–Crippen LogP) is 3.69. The summed E-state index contributed by atoms with van der Waals surface area (Å²) in [7, 11) is 0. The van der Waals surface area contributed by atoms with Gasteiger partial charge in [-0.15, -0.1) is 11.3 Å². The summed E-state index contributed by atoms with van der Waals surface area (Å²) in [6.07, 6.45) is 2.38. The summed E-state index contributed by atoms with van der Waals surface area (Å²) < 4.78 is 0. The molecule has 130 valence electrons. The molecule has 0 saturated carbocycles. The second kappa shape index (κ2) is 7.51. The molecule has 0 saturated heterocycles. The van der Waals surface area contributed by atoms with Crippen LogP contribution >= 0.6 is 11.3 Å². The fourth-order valence-corrected chi connectivity index (χ4v) is 3.59. The van der Waals surface area contributed by atoms with Crippen molar-refractivity contribution in [1.82, 2.24) is 15.4 Å². The minimum atomic E-state index is -0.0474. The van der Waals surface area contributed by atoms with E-state index in [9.17, 15) is 4.79 Å². The number of aromatic amines is 1. The highest BCUT2D eigenvalue weighted by molar-refractivity contribution is 7.15. The average Bonchev–Trinajstić information content (AvgIpc) is 3.10. The standard InChI is InChI=1S/C20H18N4OS/c25-19-16(10-15-8-4-5-9-18(15)23-19)11-17-13-21-20(26-17)24-22-12-14-6-2-1-3-7-14/h1-10,13,22H,11-12H2,(H,21,24)(H,23,25). The van der Waals surface area contributed by atoms with Crippen molar-refractivity contribution in [3.63, 3.8) is 0 Å². The lowest BCUT2D eigenvalue weighted by atomic mass is 10.1. The number of pyridine rings is 1. The highest BCUT2D eigenvalue weighted by Gasteiger charge is 2.07. The van der Waals surface area contributed by atoms with Gasteiger partial charge in [0.1, 0.15) is 0 Å². The number of benzene rings is 2. The van der Waals surface area contributed by atoms with Crippen LogP contribution in [0.3, 0.4) is 0 Å². The molecule has 0 atom stereocenters. The molecule has 2 aromatic carbocycles. The molecule has 0 spiro atoms. The highest BCUT2D eigenvalue weighted by Crippen LogP contribution is 2.20. The quantitative estimate of drug-likeness (QED) is 0.458. The van der Waals surface area contributed by atoms with Crippen LogP contribution in [0, 0.1) is 0 Å². The minimum Gasteiger partial charge on any atom is -0.322 e. The second-order valence-electron chi connectivity index (χ2n) is 5.98. The smallest absolute Gasteiger partial charge is 0.251 e. The van der Waals surface area contributed by atoms with Crippen molar-refractivity contribution in [1.29, 1.82) is 0 Å². The molecule has 0 bridgehead atoms. The molecule has 0 aliphatic rings. The van der Waals surface area contributed by atoms with E-state index in [1.807, 2.05) is 54.7 Å². The lowest BCUT2D eigenvalue weighted by Crippen LogP contribution is -2.20. The molecule has 0 radical (unpaired) electrons. The molecule has 3 N–H and O–H groups in total. The summed E-state index contributed by atoms with van der Waals surface area (Å²) in [6.45, 7) is 0.708. The molecular weight excluding hydrogens is 344 g/mol. The van der Waals surface area contributed by atoms with Crippen molar-refractivity contribution in [3.05, 3.63) is 93.2 Å². The Labute approximate surface area is 154 Å². The van der Waals surface area contributed by atoms with Crippen LogP contribution in [0.4, 0.5) is 5.13 Å². The molecule has 6 heteroatoms. The van der Waals surface area contributed by atoms with Crippen LogP contribution in [0.5, 0.6) is 0 Å². The Bertz CT molecular complexity index is 1070. The third kappa shape index (κ3) is 3.82. The molecule has 4 aromatic rings. The minimum absolute atomic E-state index is 0.0474. The zero-order chi connectivity index (χ0) is 17.8. The number of nitrogens with zero attached hydrogens (tertiary/aromatic N) is 1. The Kier molecular flexibility index (Phi) is 4.77. The normalized spacial score (nSPS) is 10.9. The molecule has 5 nitrogen and oxygen atoms in total. The van der Waals surface area contributed by atoms with Gasteiger partial charge in [-0.2, -0.15) is 0 Å². The first-order valence-electron chi connectivity index (χ1n) is 8.36. The van der Waals surface area contributed by atoms with Crippen LogP contribution in [-0.2, 0) is 13.0 Å². The van der Waals surface area contributed by atoms with E-state index >= 15 is 0 Å². The van der Waals surface area contributed by atoms with E-state index in [2.05, 4.69) is 33.0 Å². The molecule has 0 unspecified atom stereocenters. The van der Waals surface area contributed by atoms with Crippen molar-refractivity contribution < 1.29 is 0 Å². The number of thiazole rings is 1. The molecule has 0 aliphatic carbocycles. The first-order valence-corrected chi connectivity index (χ1v) is 9.18. The van der Waals surface area contributed by atoms with Gasteiger partial charge in [0.2, 0.25) is 0 Å². The summed E-state index contributed by atoms with van der Waals surface area (Å²) >= 11 is 1.54. The summed E-state index contributed by atoms with van der Waals surface area (Å²) in [5.41, 5.74) is 9.03.